The molecule has 1 N–H and O–H groups in total. The minimum atomic E-state index is -0.771. The van der Waals surface area contributed by atoms with Gasteiger partial charge in [0.15, 0.2) is 0 Å². The molecule has 2 atom stereocenters. The first-order chi connectivity index (χ1) is 9.88. The third-order valence-electron chi connectivity index (χ3n) is 4.18. The molecule has 0 aliphatic rings. The second-order valence-electron chi connectivity index (χ2n) is 6.57. The van der Waals surface area contributed by atoms with E-state index in [4.69, 9.17) is 0 Å². The zero-order valence-corrected chi connectivity index (χ0v) is 13.2. The van der Waals surface area contributed by atoms with E-state index >= 15 is 0 Å². The van der Waals surface area contributed by atoms with Crippen LogP contribution in [0, 0.1) is 11.3 Å². The standard InChI is InChI=1S/C18H26O3/c1-14(11-13-19)8-7-12-18(2,3)16(17(20)21)15-9-5-4-6-10-15/h4-6,9-10,13-14,16H,7-8,11-12H2,1-3H3,(H,20,21). The Morgan fingerprint density at radius 3 is 2.43 bits per heavy atom. The fraction of sp³-hybridized carbons (Fsp3) is 0.556. The van der Waals surface area contributed by atoms with Gasteiger partial charge in [0.1, 0.15) is 6.29 Å². The number of rotatable bonds is 9. The highest BCUT2D eigenvalue weighted by atomic mass is 16.4. The van der Waals surface area contributed by atoms with Gasteiger partial charge >= 0.3 is 5.97 Å². The second kappa shape index (κ2) is 7.96. The summed E-state index contributed by atoms with van der Waals surface area (Å²) in [5, 5.41) is 9.61. The van der Waals surface area contributed by atoms with Gasteiger partial charge in [-0.3, -0.25) is 4.79 Å². The Kier molecular flexibility index (Phi) is 6.60. The van der Waals surface area contributed by atoms with Crippen LogP contribution >= 0.6 is 0 Å². The molecule has 0 amide bonds. The molecule has 116 valence electrons. The van der Waals surface area contributed by atoms with Crippen LogP contribution in [-0.2, 0) is 9.59 Å². The van der Waals surface area contributed by atoms with Crippen molar-refractivity contribution >= 4 is 12.3 Å². The van der Waals surface area contributed by atoms with Gasteiger partial charge in [0.05, 0.1) is 5.92 Å². The maximum Gasteiger partial charge on any atom is 0.311 e. The lowest BCUT2D eigenvalue weighted by Crippen LogP contribution is -2.29. The summed E-state index contributed by atoms with van der Waals surface area (Å²) in [7, 11) is 0. The van der Waals surface area contributed by atoms with Crippen molar-refractivity contribution in [3.63, 3.8) is 0 Å². The number of carboxylic acids is 1. The van der Waals surface area contributed by atoms with Gasteiger partial charge in [-0.15, -0.1) is 0 Å². The lowest BCUT2D eigenvalue weighted by Gasteiger charge is -2.32. The Balaban J connectivity index is 2.72. The van der Waals surface area contributed by atoms with Crippen LogP contribution in [0.5, 0.6) is 0 Å². The Hall–Kier alpha value is -1.64. The Morgan fingerprint density at radius 1 is 1.29 bits per heavy atom. The van der Waals surface area contributed by atoms with E-state index < -0.39 is 11.9 Å². The number of carboxylic acid groups (broad SMARTS) is 1. The molecule has 1 aromatic carbocycles. The first-order valence-corrected chi connectivity index (χ1v) is 7.60. The molecular weight excluding hydrogens is 264 g/mol. The summed E-state index contributed by atoms with van der Waals surface area (Å²) >= 11 is 0. The molecule has 0 saturated carbocycles. The van der Waals surface area contributed by atoms with Crippen LogP contribution in [0.25, 0.3) is 0 Å². The quantitative estimate of drug-likeness (QED) is 0.691. The number of hydrogen-bond acceptors (Lipinski definition) is 2. The normalized spacial score (nSPS) is 14.4. The van der Waals surface area contributed by atoms with Crippen molar-refractivity contribution in [2.75, 3.05) is 0 Å². The van der Waals surface area contributed by atoms with Gasteiger partial charge in [0.2, 0.25) is 0 Å². The topological polar surface area (TPSA) is 54.4 Å². The van der Waals surface area contributed by atoms with E-state index in [9.17, 15) is 14.7 Å². The minimum Gasteiger partial charge on any atom is -0.481 e. The highest BCUT2D eigenvalue weighted by Gasteiger charge is 2.35. The lowest BCUT2D eigenvalue weighted by atomic mass is 9.71. The molecule has 0 aliphatic carbocycles. The zero-order chi connectivity index (χ0) is 15.9. The monoisotopic (exact) mass is 290 g/mol. The van der Waals surface area contributed by atoms with Gasteiger partial charge in [0.25, 0.3) is 0 Å². The van der Waals surface area contributed by atoms with Crippen LogP contribution in [0.2, 0.25) is 0 Å². The molecule has 2 unspecified atom stereocenters. The van der Waals surface area contributed by atoms with Crippen molar-refractivity contribution in [2.24, 2.45) is 11.3 Å². The highest BCUT2D eigenvalue weighted by molar-refractivity contribution is 5.77. The van der Waals surface area contributed by atoms with E-state index in [1.807, 2.05) is 44.2 Å². The third-order valence-corrected chi connectivity index (χ3v) is 4.18. The van der Waals surface area contributed by atoms with Gasteiger partial charge in [0, 0.05) is 6.42 Å². The van der Waals surface area contributed by atoms with E-state index in [1.54, 1.807) is 0 Å². The Labute approximate surface area is 127 Å². The molecule has 0 radical (unpaired) electrons. The minimum absolute atomic E-state index is 0.311. The number of aldehydes is 1. The predicted octanol–water partition coefficient (Wildman–Crippen LogP) is 4.28. The van der Waals surface area contributed by atoms with Crippen molar-refractivity contribution in [2.45, 2.75) is 52.4 Å². The van der Waals surface area contributed by atoms with E-state index in [1.165, 1.54) is 0 Å². The number of carbonyl (C=O) groups is 2. The van der Waals surface area contributed by atoms with Crippen molar-refractivity contribution in [1.82, 2.24) is 0 Å². The van der Waals surface area contributed by atoms with Crippen LogP contribution in [0.4, 0.5) is 0 Å². The first kappa shape index (κ1) is 17.4. The Bertz CT molecular complexity index is 451. The molecule has 0 heterocycles. The molecule has 0 fully saturated rings. The number of aliphatic carboxylic acids is 1. The molecular formula is C18H26O3. The molecule has 3 nitrogen and oxygen atoms in total. The molecule has 0 aromatic heterocycles. The van der Waals surface area contributed by atoms with Gasteiger partial charge in [-0.1, -0.05) is 63.9 Å². The van der Waals surface area contributed by atoms with Crippen LogP contribution in [0.1, 0.15) is 57.9 Å². The third kappa shape index (κ3) is 5.33. The molecule has 0 bridgehead atoms. The molecule has 1 rings (SSSR count). The zero-order valence-electron chi connectivity index (χ0n) is 13.2. The molecule has 0 saturated heterocycles. The van der Waals surface area contributed by atoms with E-state index in [-0.39, 0.29) is 5.41 Å². The van der Waals surface area contributed by atoms with Crippen LogP contribution < -0.4 is 0 Å². The van der Waals surface area contributed by atoms with Gasteiger partial charge < -0.3 is 9.90 Å². The van der Waals surface area contributed by atoms with Crippen molar-refractivity contribution < 1.29 is 14.7 Å². The van der Waals surface area contributed by atoms with Crippen LogP contribution in [-0.4, -0.2) is 17.4 Å². The SMILES string of the molecule is CC(CC=O)CCCC(C)(C)C(C(=O)O)c1ccccc1. The molecule has 3 heteroatoms. The highest BCUT2D eigenvalue weighted by Crippen LogP contribution is 2.40. The van der Waals surface area contributed by atoms with E-state index in [0.717, 1.165) is 31.1 Å². The summed E-state index contributed by atoms with van der Waals surface area (Å²) in [6.45, 7) is 6.10. The van der Waals surface area contributed by atoms with Gasteiger partial charge in [-0.2, -0.15) is 0 Å². The molecule has 0 aliphatic heterocycles. The fourth-order valence-electron chi connectivity index (χ4n) is 2.91. The predicted molar refractivity (Wildman–Crippen MR) is 84.3 cm³/mol. The second-order valence-corrected chi connectivity index (χ2v) is 6.57. The first-order valence-electron chi connectivity index (χ1n) is 7.60. The summed E-state index contributed by atoms with van der Waals surface area (Å²) in [6.07, 6.45) is 4.28. The maximum atomic E-state index is 11.7. The number of hydrogen-bond donors (Lipinski definition) is 1. The van der Waals surface area contributed by atoms with Crippen molar-refractivity contribution in [3.05, 3.63) is 35.9 Å². The summed E-state index contributed by atoms with van der Waals surface area (Å²) in [5.41, 5.74) is 0.546. The average Bonchev–Trinajstić information content (AvgIpc) is 2.39. The van der Waals surface area contributed by atoms with Gasteiger partial charge in [-0.05, 0) is 23.3 Å². The molecule has 1 aromatic rings. The maximum absolute atomic E-state index is 11.7. The van der Waals surface area contributed by atoms with E-state index in [2.05, 4.69) is 6.92 Å². The summed E-state index contributed by atoms with van der Waals surface area (Å²) in [4.78, 5) is 22.2. The summed E-state index contributed by atoms with van der Waals surface area (Å²) in [5.74, 6) is -0.898. The van der Waals surface area contributed by atoms with Crippen LogP contribution in [0.15, 0.2) is 30.3 Å². The van der Waals surface area contributed by atoms with E-state index in [0.29, 0.717) is 12.3 Å². The van der Waals surface area contributed by atoms with Gasteiger partial charge in [-0.25, -0.2) is 0 Å². The summed E-state index contributed by atoms with van der Waals surface area (Å²) in [6, 6.07) is 9.43. The lowest BCUT2D eigenvalue weighted by molar-refractivity contribution is -0.141. The van der Waals surface area contributed by atoms with Crippen molar-refractivity contribution in [1.29, 1.82) is 0 Å². The fourth-order valence-corrected chi connectivity index (χ4v) is 2.91. The average molecular weight is 290 g/mol. The van der Waals surface area contributed by atoms with Crippen molar-refractivity contribution in [3.8, 4) is 0 Å². The largest absolute Gasteiger partial charge is 0.481 e. The smallest absolute Gasteiger partial charge is 0.311 e. The molecule has 21 heavy (non-hydrogen) atoms. The Morgan fingerprint density at radius 2 is 1.90 bits per heavy atom. The summed E-state index contributed by atoms with van der Waals surface area (Å²) < 4.78 is 0. The number of benzene rings is 1. The molecule has 0 spiro atoms. The number of carbonyl (C=O) groups excluding carboxylic acids is 1. The van der Waals surface area contributed by atoms with Crippen LogP contribution in [0.3, 0.4) is 0 Å².